The molecule has 3 N–H and O–H groups in total. The summed E-state index contributed by atoms with van der Waals surface area (Å²) in [5, 5.41) is 2.84. The largest absolute Gasteiger partial charge is 0.494 e. The highest BCUT2D eigenvalue weighted by Gasteiger charge is 2.06. The van der Waals surface area contributed by atoms with Crippen LogP contribution in [0.1, 0.15) is 30.6 Å². The second kappa shape index (κ2) is 9.06. The molecule has 2 rings (SSSR count). The molecular formula is C18H23ClN2O2. The van der Waals surface area contributed by atoms with E-state index in [-0.39, 0.29) is 18.3 Å². The Kier molecular flexibility index (Phi) is 7.42. The standard InChI is InChI=1S/C18H22N2O2.ClH/c1-13(2)10-11-22-17-8-6-16(7-9-17)20-18(21)14-4-3-5-15(19)12-14;/h3-9,12-13H,10-11,19H2,1-2H3,(H,20,21);1H. The number of nitrogen functional groups attached to an aromatic ring is 1. The third-order valence-corrected chi connectivity index (χ3v) is 3.22. The molecule has 0 fully saturated rings. The van der Waals surface area contributed by atoms with Gasteiger partial charge in [0.25, 0.3) is 5.91 Å². The molecule has 0 aliphatic rings. The van der Waals surface area contributed by atoms with E-state index in [2.05, 4.69) is 19.2 Å². The summed E-state index contributed by atoms with van der Waals surface area (Å²) < 4.78 is 5.65. The minimum Gasteiger partial charge on any atom is -0.494 e. The lowest BCUT2D eigenvalue weighted by Crippen LogP contribution is -2.12. The number of nitrogens with one attached hydrogen (secondary N) is 1. The van der Waals surface area contributed by atoms with Crippen LogP contribution in [0.3, 0.4) is 0 Å². The average molecular weight is 335 g/mol. The third-order valence-electron chi connectivity index (χ3n) is 3.22. The van der Waals surface area contributed by atoms with Gasteiger partial charge in [0.1, 0.15) is 5.75 Å². The molecule has 0 aliphatic carbocycles. The zero-order valence-corrected chi connectivity index (χ0v) is 14.2. The minimum atomic E-state index is -0.180. The molecule has 0 aromatic heterocycles. The van der Waals surface area contributed by atoms with Gasteiger partial charge < -0.3 is 15.8 Å². The first-order chi connectivity index (χ1) is 10.5. The summed E-state index contributed by atoms with van der Waals surface area (Å²) in [5.41, 5.74) is 7.52. The van der Waals surface area contributed by atoms with E-state index in [0.29, 0.717) is 23.8 Å². The fourth-order valence-corrected chi connectivity index (χ4v) is 1.93. The summed E-state index contributed by atoms with van der Waals surface area (Å²) in [4.78, 5) is 12.1. The van der Waals surface area contributed by atoms with Crippen LogP contribution < -0.4 is 15.8 Å². The molecule has 0 radical (unpaired) electrons. The molecule has 0 saturated carbocycles. The van der Waals surface area contributed by atoms with Gasteiger partial charge in [-0.25, -0.2) is 0 Å². The molecule has 2 aromatic rings. The van der Waals surface area contributed by atoms with Crippen LogP contribution in [0.4, 0.5) is 11.4 Å². The molecule has 0 aliphatic heterocycles. The Labute approximate surface area is 143 Å². The lowest BCUT2D eigenvalue weighted by molar-refractivity contribution is 0.102. The lowest BCUT2D eigenvalue weighted by Gasteiger charge is -2.09. The normalized spacial score (nSPS) is 10.0. The van der Waals surface area contributed by atoms with E-state index in [4.69, 9.17) is 10.5 Å². The summed E-state index contributed by atoms with van der Waals surface area (Å²) in [6.45, 7) is 5.03. The third kappa shape index (κ3) is 6.20. The zero-order chi connectivity index (χ0) is 15.9. The van der Waals surface area contributed by atoms with Crippen LogP contribution in [-0.2, 0) is 0 Å². The average Bonchev–Trinajstić information content (AvgIpc) is 2.48. The number of carbonyl (C=O) groups is 1. The molecule has 0 saturated heterocycles. The molecule has 4 nitrogen and oxygen atoms in total. The van der Waals surface area contributed by atoms with Crippen LogP contribution in [-0.4, -0.2) is 12.5 Å². The Bertz CT molecular complexity index is 627. The molecule has 0 spiro atoms. The van der Waals surface area contributed by atoms with Crippen molar-refractivity contribution in [2.45, 2.75) is 20.3 Å². The Balaban J connectivity index is 0.00000264. The number of amides is 1. The van der Waals surface area contributed by atoms with E-state index in [9.17, 15) is 4.79 Å². The molecule has 0 bridgehead atoms. The number of rotatable bonds is 6. The van der Waals surface area contributed by atoms with E-state index in [1.807, 2.05) is 24.3 Å². The molecule has 2 aromatic carbocycles. The maximum Gasteiger partial charge on any atom is 0.255 e. The van der Waals surface area contributed by atoms with Crippen LogP contribution in [0, 0.1) is 5.92 Å². The smallest absolute Gasteiger partial charge is 0.255 e. The van der Waals surface area contributed by atoms with Gasteiger partial charge in [0, 0.05) is 16.9 Å². The first kappa shape index (κ1) is 18.8. The van der Waals surface area contributed by atoms with Crippen molar-refractivity contribution in [3.63, 3.8) is 0 Å². The van der Waals surface area contributed by atoms with Crippen molar-refractivity contribution in [1.82, 2.24) is 0 Å². The number of hydrogen-bond acceptors (Lipinski definition) is 3. The first-order valence-electron chi connectivity index (χ1n) is 7.44. The summed E-state index contributed by atoms with van der Waals surface area (Å²) in [7, 11) is 0. The van der Waals surface area contributed by atoms with Gasteiger partial charge in [-0.1, -0.05) is 19.9 Å². The van der Waals surface area contributed by atoms with Crippen LogP contribution >= 0.6 is 12.4 Å². The number of nitrogens with two attached hydrogens (primary N) is 1. The predicted molar refractivity (Wildman–Crippen MR) is 97.4 cm³/mol. The fourth-order valence-electron chi connectivity index (χ4n) is 1.93. The van der Waals surface area contributed by atoms with Crippen molar-refractivity contribution in [3.05, 3.63) is 54.1 Å². The lowest BCUT2D eigenvalue weighted by atomic mass is 10.1. The number of benzene rings is 2. The summed E-state index contributed by atoms with van der Waals surface area (Å²) in [5.74, 6) is 1.25. The van der Waals surface area contributed by atoms with Crippen LogP contribution in [0.15, 0.2) is 48.5 Å². The second-order valence-corrected chi connectivity index (χ2v) is 5.63. The zero-order valence-electron chi connectivity index (χ0n) is 13.4. The van der Waals surface area contributed by atoms with Gasteiger partial charge in [-0.15, -0.1) is 12.4 Å². The molecule has 23 heavy (non-hydrogen) atoms. The minimum absolute atomic E-state index is 0. The van der Waals surface area contributed by atoms with E-state index < -0.39 is 0 Å². The number of carbonyl (C=O) groups excluding carboxylic acids is 1. The Hall–Kier alpha value is -2.20. The van der Waals surface area contributed by atoms with Crippen LogP contribution in [0.5, 0.6) is 5.75 Å². The highest BCUT2D eigenvalue weighted by molar-refractivity contribution is 6.04. The first-order valence-corrected chi connectivity index (χ1v) is 7.44. The van der Waals surface area contributed by atoms with Gasteiger partial charge in [0.15, 0.2) is 0 Å². The summed E-state index contributed by atoms with van der Waals surface area (Å²) >= 11 is 0. The van der Waals surface area contributed by atoms with Crippen molar-refractivity contribution >= 4 is 29.7 Å². The molecular weight excluding hydrogens is 312 g/mol. The van der Waals surface area contributed by atoms with E-state index in [1.165, 1.54) is 0 Å². The summed E-state index contributed by atoms with van der Waals surface area (Å²) in [6.07, 6.45) is 1.02. The second-order valence-electron chi connectivity index (χ2n) is 5.63. The van der Waals surface area contributed by atoms with Crippen molar-refractivity contribution in [3.8, 4) is 5.75 Å². The van der Waals surface area contributed by atoms with E-state index in [0.717, 1.165) is 17.9 Å². The maximum absolute atomic E-state index is 12.1. The van der Waals surface area contributed by atoms with Crippen molar-refractivity contribution in [2.75, 3.05) is 17.7 Å². The van der Waals surface area contributed by atoms with E-state index >= 15 is 0 Å². The van der Waals surface area contributed by atoms with Crippen molar-refractivity contribution in [2.24, 2.45) is 5.92 Å². The molecule has 0 unspecified atom stereocenters. The molecule has 124 valence electrons. The predicted octanol–water partition coefficient (Wildman–Crippen LogP) is 4.37. The van der Waals surface area contributed by atoms with Crippen molar-refractivity contribution in [1.29, 1.82) is 0 Å². The monoisotopic (exact) mass is 334 g/mol. The van der Waals surface area contributed by atoms with Gasteiger partial charge >= 0.3 is 0 Å². The maximum atomic E-state index is 12.1. The Morgan fingerprint density at radius 3 is 2.48 bits per heavy atom. The number of ether oxygens (including phenoxy) is 1. The molecule has 0 atom stereocenters. The van der Waals surface area contributed by atoms with Crippen LogP contribution in [0.25, 0.3) is 0 Å². The number of halogens is 1. The fraction of sp³-hybridized carbons (Fsp3) is 0.278. The quantitative estimate of drug-likeness (QED) is 0.771. The van der Waals surface area contributed by atoms with Gasteiger partial charge in [0.05, 0.1) is 6.61 Å². The van der Waals surface area contributed by atoms with Gasteiger partial charge in [-0.05, 0) is 54.8 Å². The SMILES string of the molecule is CC(C)CCOc1ccc(NC(=O)c2cccc(N)c2)cc1.Cl. The molecule has 1 amide bonds. The van der Waals surface area contributed by atoms with E-state index in [1.54, 1.807) is 24.3 Å². The van der Waals surface area contributed by atoms with Gasteiger partial charge in [-0.3, -0.25) is 4.79 Å². The van der Waals surface area contributed by atoms with Gasteiger partial charge in [0.2, 0.25) is 0 Å². The number of anilines is 2. The summed E-state index contributed by atoms with van der Waals surface area (Å²) in [6, 6.07) is 14.3. The van der Waals surface area contributed by atoms with Crippen molar-refractivity contribution < 1.29 is 9.53 Å². The highest BCUT2D eigenvalue weighted by Crippen LogP contribution is 2.17. The topological polar surface area (TPSA) is 64.3 Å². The highest BCUT2D eigenvalue weighted by atomic mass is 35.5. The molecule has 0 heterocycles. The van der Waals surface area contributed by atoms with Crippen LogP contribution in [0.2, 0.25) is 0 Å². The Morgan fingerprint density at radius 2 is 1.87 bits per heavy atom. The Morgan fingerprint density at radius 1 is 1.17 bits per heavy atom. The molecule has 5 heteroatoms. The number of hydrogen-bond donors (Lipinski definition) is 2. The van der Waals surface area contributed by atoms with Gasteiger partial charge in [-0.2, -0.15) is 0 Å².